The number of halogens is 4. The van der Waals surface area contributed by atoms with Crippen molar-refractivity contribution in [1.82, 2.24) is 9.78 Å². The van der Waals surface area contributed by atoms with Crippen molar-refractivity contribution in [1.29, 1.82) is 0 Å². The highest BCUT2D eigenvalue weighted by atomic mass is 19.4. The first-order chi connectivity index (χ1) is 12.6. The van der Waals surface area contributed by atoms with Gasteiger partial charge in [-0.25, -0.2) is 9.07 Å². The van der Waals surface area contributed by atoms with E-state index >= 15 is 0 Å². The van der Waals surface area contributed by atoms with Crippen molar-refractivity contribution in [3.05, 3.63) is 59.7 Å². The van der Waals surface area contributed by atoms with Crippen LogP contribution in [-0.2, 0) is 10.3 Å². The minimum atomic E-state index is -4.97. The second-order valence-corrected chi connectivity index (χ2v) is 5.88. The van der Waals surface area contributed by atoms with Crippen LogP contribution in [0.25, 0.3) is 0 Å². The van der Waals surface area contributed by atoms with E-state index in [0.717, 1.165) is 42.7 Å². The molecular formula is C16H13F4N5O2. The molecule has 2 unspecified atom stereocenters. The third-order valence-corrected chi connectivity index (χ3v) is 4.31. The number of amides is 2. The van der Waals surface area contributed by atoms with E-state index in [1.54, 1.807) is 0 Å². The van der Waals surface area contributed by atoms with Crippen LogP contribution in [0.2, 0.25) is 0 Å². The number of fused-ring (bicyclic) bond motifs is 1. The summed E-state index contributed by atoms with van der Waals surface area (Å²) in [5.74, 6) is -5.78. The minimum absolute atomic E-state index is 0.208. The van der Waals surface area contributed by atoms with E-state index in [1.165, 1.54) is 0 Å². The average molecular weight is 383 g/mol. The Morgan fingerprint density at radius 1 is 1.19 bits per heavy atom. The summed E-state index contributed by atoms with van der Waals surface area (Å²) in [4.78, 5) is 23.9. The van der Waals surface area contributed by atoms with E-state index in [1.807, 2.05) is 0 Å². The molecule has 0 saturated heterocycles. The molecule has 11 heteroatoms. The number of benzene rings is 1. The topological polar surface area (TPSA) is 116 Å². The quantitative estimate of drug-likeness (QED) is 0.695. The van der Waals surface area contributed by atoms with Gasteiger partial charge >= 0.3 is 6.18 Å². The number of rotatable bonds is 4. The van der Waals surface area contributed by atoms with Crippen molar-refractivity contribution in [3.63, 3.8) is 0 Å². The first-order valence-corrected chi connectivity index (χ1v) is 7.53. The summed E-state index contributed by atoms with van der Waals surface area (Å²) in [5, 5.41) is 6.31. The van der Waals surface area contributed by atoms with Gasteiger partial charge in [0.05, 0.1) is 6.20 Å². The summed E-state index contributed by atoms with van der Waals surface area (Å²) < 4.78 is 56.1. The lowest BCUT2D eigenvalue weighted by molar-refractivity contribution is -0.175. The van der Waals surface area contributed by atoms with Crippen LogP contribution in [0.4, 0.5) is 23.4 Å². The molecule has 0 bridgehead atoms. The molecule has 1 aromatic heterocycles. The van der Waals surface area contributed by atoms with Crippen LogP contribution >= 0.6 is 0 Å². The average Bonchev–Trinajstić information content (AvgIpc) is 3.01. The number of aromatic nitrogens is 2. The number of carbonyl (C=O) groups excluding carboxylic acids is 2. The molecule has 142 valence electrons. The first-order valence-electron chi connectivity index (χ1n) is 7.53. The molecule has 2 amide bonds. The zero-order valence-corrected chi connectivity index (χ0v) is 13.5. The van der Waals surface area contributed by atoms with Crippen molar-refractivity contribution in [2.45, 2.75) is 17.6 Å². The van der Waals surface area contributed by atoms with Crippen molar-refractivity contribution in [3.8, 4) is 0 Å². The Morgan fingerprint density at radius 2 is 1.81 bits per heavy atom. The van der Waals surface area contributed by atoms with Gasteiger partial charge in [0.2, 0.25) is 0 Å². The molecule has 1 aromatic carbocycles. The van der Waals surface area contributed by atoms with E-state index < -0.39 is 40.8 Å². The standard InChI is InChI=1S/C16H13F4N5O2/c17-9-3-1-8(2-4-9)11(16(18,19)20)15(14(22)27)5-6-23-13-10(12(21)26)7-24-25(13)15/h1-7,11,23H,(H2,21,26)(H2,22,27). The molecule has 1 aliphatic heterocycles. The molecule has 2 heterocycles. The summed E-state index contributed by atoms with van der Waals surface area (Å²) in [7, 11) is 0. The van der Waals surface area contributed by atoms with Crippen LogP contribution < -0.4 is 16.8 Å². The third kappa shape index (κ3) is 2.80. The largest absolute Gasteiger partial charge is 0.398 e. The highest BCUT2D eigenvalue weighted by molar-refractivity contribution is 5.99. The fourth-order valence-electron chi connectivity index (χ4n) is 3.16. The number of carbonyl (C=O) groups is 2. The maximum absolute atomic E-state index is 14.1. The summed E-state index contributed by atoms with van der Waals surface area (Å²) in [6, 6.07) is 3.50. The van der Waals surface area contributed by atoms with Gasteiger partial charge in [-0.15, -0.1) is 0 Å². The van der Waals surface area contributed by atoms with Gasteiger partial charge in [0.1, 0.15) is 23.1 Å². The molecule has 0 aliphatic carbocycles. The van der Waals surface area contributed by atoms with Gasteiger partial charge in [0.25, 0.3) is 11.8 Å². The number of nitrogens with one attached hydrogen (secondary N) is 1. The Balaban J connectivity index is 2.32. The summed E-state index contributed by atoms with van der Waals surface area (Å²) in [5.41, 5.74) is 7.44. The van der Waals surface area contributed by atoms with Crippen LogP contribution in [0, 0.1) is 5.82 Å². The summed E-state index contributed by atoms with van der Waals surface area (Å²) in [6.07, 6.45) is -2.07. The number of alkyl halides is 3. The first kappa shape index (κ1) is 18.4. The Labute approximate surface area is 149 Å². The molecule has 2 atom stereocenters. The normalized spacial score (nSPS) is 19.9. The molecule has 3 rings (SSSR count). The molecule has 0 saturated carbocycles. The number of nitrogens with two attached hydrogens (primary N) is 2. The molecule has 7 nitrogen and oxygen atoms in total. The molecule has 5 N–H and O–H groups in total. The highest BCUT2D eigenvalue weighted by Gasteiger charge is 2.60. The van der Waals surface area contributed by atoms with E-state index in [9.17, 15) is 27.2 Å². The Bertz CT molecular complexity index is 935. The molecule has 27 heavy (non-hydrogen) atoms. The number of hydrogen-bond donors (Lipinski definition) is 3. The molecule has 2 aromatic rings. The highest BCUT2D eigenvalue weighted by Crippen LogP contribution is 2.49. The number of anilines is 1. The zero-order chi connectivity index (χ0) is 20.0. The lowest BCUT2D eigenvalue weighted by atomic mass is 9.77. The Kier molecular flexibility index (Phi) is 4.17. The SMILES string of the molecule is NC(=O)c1cnn2c1NC=CC2(C(N)=O)C(c1ccc(F)cc1)C(F)(F)F. The fraction of sp³-hybridized carbons (Fsp3) is 0.188. The number of primary amides is 2. The Hall–Kier alpha value is -3.37. The molecular weight excluding hydrogens is 370 g/mol. The van der Waals surface area contributed by atoms with E-state index in [0.29, 0.717) is 4.68 Å². The molecule has 0 fully saturated rings. The van der Waals surface area contributed by atoms with Crippen molar-refractivity contribution < 1.29 is 27.2 Å². The van der Waals surface area contributed by atoms with Gasteiger partial charge in [0.15, 0.2) is 5.54 Å². The number of nitrogens with zero attached hydrogens (tertiary/aromatic N) is 2. The monoisotopic (exact) mass is 383 g/mol. The second-order valence-electron chi connectivity index (χ2n) is 5.88. The van der Waals surface area contributed by atoms with Gasteiger partial charge in [-0.3, -0.25) is 9.59 Å². The lowest BCUT2D eigenvalue weighted by Gasteiger charge is -2.39. The zero-order valence-electron chi connectivity index (χ0n) is 13.5. The van der Waals surface area contributed by atoms with Crippen molar-refractivity contribution in [2.24, 2.45) is 11.5 Å². The van der Waals surface area contributed by atoms with Gasteiger partial charge in [-0.2, -0.15) is 18.3 Å². The van der Waals surface area contributed by atoms with Crippen LogP contribution in [0.15, 0.2) is 42.7 Å². The predicted molar refractivity (Wildman–Crippen MR) is 85.9 cm³/mol. The van der Waals surface area contributed by atoms with E-state index in [4.69, 9.17) is 11.5 Å². The van der Waals surface area contributed by atoms with E-state index in [-0.39, 0.29) is 11.4 Å². The van der Waals surface area contributed by atoms with E-state index in [2.05, 4.69) is 10.4 Å². The van der Waals surface area contributed by atoms with Crippen molar-refractivity contribution >= 4 is 17.6 Å². The summed E-state index contributed by atoms with van der Waals surface area (Å²) >= 11 is 0. The number of hydrogen-bond acceptors (Lipinski definition) is 4. The Morgan fingerprint density at radius 3 is 2.33 bits per heavy atom. The smallest absolute Gasteiger partial charge is 0.367 e. The van der Waals surface area contributed by atoms with Gasteiger partial charge < -0.3 is 16.8 Å². The van der Waals surface area contributed by atoms with Gasteiger partial charge in [0, 0.05) is 6.20 Å². The minimum Gasteiger partial charge on any atom is -0.367 e. The maximum atomic E-state index is 14.1. The maximum Gasteiger partial charge on any atom is 0.398 e. The van der Waals surface area contributed by atoms with Crippen LogP contribution in [-0.4, -0.2) is 27.8 Å². The second kappa shape index (κ2) is 6.11. The van der Waals surface area contributed by atoms with Crippen molar-refractivity contribution in [2.75, 3.05) is 5.32 Å². The molecule has 0 spiro atoms. The van der Waals surface area contributed by atoms with Gasteiger partial charge in [-0.1, -0.05) is 12.1 Å². The molecule has 0 radical (unpaired) electrons. The van der Waals surface area contributed by atoms with Crippen LogP contribution in [0.3, 0.4) is 0 Å². The van der Waals surface area contributed by atoms with Crippen LogP contribution in [0.5, 0.6) is 0 Å². The molecule has 1 aliphatic rings. The predicted octanol–water partition coefficient (Wildman–Crippen LogP) is 1.59. The fourth-order valence-corrected chi connectivity index (χ4v) is 3.16. The van der Waals surface area contributed by atoms with Gasteiger partial charge in [-0.05, 0) is 23.8 Å². The third-order valence-electron chi connectivity index (χ3n) is 4.31. The van der Waals surface area contributed by atoms with Crippen LogP contribution in [0.1, 0.15) is 21.8 Å². The lowest BCUT2D eigenvalue weighted by Crippen LogP contribution is -2.55. The summed E-state index contributed by atoms with van der Waals surface area (Å²) in [6.45, 7) is 0.